The molecule has 112 valence electrons. The van der Waals surface area contributed by atoms with E-state index in [1.54, 1.807) is 0 Å². The number of hydrogen-bond acceptors (Lipinski definition) is 3. The smallest absolute Gasteiger partial charge is 0.0486 e. The number of halogens is 2. The second-order valence-electron chi connectivity index (χ2n) is 5.73. The highest BCUT2D eigenvalue weighted by Gasteiger charge is 2.31. The lowest BCUT2D eigenvalue weighted by molar-refractivity contribution is 0.0352. The van der Waals surface area contributed by atoms with Crippen LogP contribution in [0.15, 0.2) is 22.7 Å². The molecule has 3 unspecified atom stereocenters. The Bertz CT molecular complexity index is 456. The number of benzene rings is 1. The third-order valence-corrected chi connectivity index (χ3v) is 5.21. The van der Waals surface area contributed by atoms with Gasteiger partial charge in [0.2, 0.25) is 0 Å². The van der Waals surface area contributed by atoms with Gasteiger partial charge in [-0.3, -0.25) is 9.80 Å². The largest absolute Gasteiger partial charge is 0.329 e. The molecule has 1 aliphatic heterocycles. The van der Waals surface area contributed by atoms with Gasteiger partial charge in [-0.1, -0.05) is 27.5 Å². The van der Waals surface area contributed by atoms with Gasteiger partial charge in [0, 0.05) is 47.3 Å². The number of nitrogens with zero attached hydrogens (tertiary/aromatic N) is 2. The van der Waals surface area contributed by atoms with Crippen molar-refractivity contribution in [1.82, 2.24) is 9.80 Å². The van der Waals surface area contributed by atoms with Crippen LogP contribution >= 0.6 is 27.5 Å². The topological polar surface area (TPSA) is 32.5 Å². The molecule has 1 saturated heterocycles. The number of nitrogens with two attached hydrogens (primary N) is 1. The summed E-state index contributed by atoms with van der Waals surface area (Å²) in [5.74, 6) is 0. The van der Waals surface area contributed by atoms with Crippen LogP contribution in [0, 0.1) is 0 Å². The second-order valence-corrected chi connectivity index (χ2v) is 7.06. The Morgan fingerprint density at radius 2 is 1.95 bits per heavy atom. The third kappa shape index (κ3) is 3.37. The number of likely N-dealkylation sites (N-methyl/N-ethyl adjacent to an activating group) is 1. The summed E-state index contributed by atoms with van der Waals surface area (Å²) in [6.45, 7) is 7.15. The molecule has 2 N–H and O–H groups in total. The standard InChI is InChI=1S/C15H23BrClN3/c1-10-8-20(9-11(2)19(10)3)15(7-18)13-6-12(16)4-5-14(13)17/h4-6,10-11,15H,7-9,18H2,1-3H3. The van der Waals surface area contributed by atoms with Crippen molar-refractivity contribution >= 4 is 27.5 Å². The number of piperazine rings is 1. The average molecular weight is 361 g/mol. The van der Waals surface area contributed by atoms with Gasteiger partial charge in [0.1, 0.15) is 0 Å². The maximum Gasteiger partial charge on any atom is 0.0486 e. The van der Waals surface area contributed by atoms with Crippen LogP contribution in [0.3, 0.4) is 0 Å². The summed E-state index contributed by atoms with van der Waals surface area (Å²) in [5.41, 5.74) is 7.17. The van der Waals surface area contributed by atoms with E-state index >= 15 is 0 Å². The van der Waals surface area contributed by atoms with Gasteiger partial charge in [0.05, 0.1) is 0 Å². The van der Waals surface area contributed by atoms with Gasteiger partial charge in [-0.25, -0.2) is 0 Å². The van der Waals surface area contributed by atoms with E-state index in [0.29, 0.717) is 18.6 Å². The van der Waals surface area contributed by atoms with Crippen LogP contribution in [-0.4, -0.2) is 48.6 Å². The fourth-order valence-electron chi connectivity index (χ4n) is 2.94. The molecular weight excluding hydrogens is 338 g/mol. The van der Waals surface area contributed by atoms with Crippen molar-refractivity contribution in [2.45, 2.75) is 32.0 Å². The van der Waals surface area contributed by atoms with Crippen LogP contribution in [0.1, 0.15) is 25.5 Å². The van der Waals surface area contributed by atoms with E-state index < -0.39 is 0 Å². The van der Waals surface area contributed by atoms with Crippen molar-refractivity contribution in [3.05, 3.63) is 33.3 Å². The molecule has 1 aliphatic rings. The molecule has 20 heavy (non-hydrogen) atoms. The predicted octanol–water partition coefficient (Wildman–Crippen LogP) is 3.13. The number of rotatable bonds is 3. The quantitative estimate of drug-likeness (QED) is 0.899. The Balaban J connectivity index is 2.26. The zero-order valence-electron chi connectivity index (χ0n) is 12.3. The van der Waals surface area contributed by atoms with Crippen molar-refractivity contribution in [3.63, 3.8) is 0 Å². The Morgan fingerprint density at radius 1 is 1.35 bits per heavy atom. The summed E-state index contributed by atoms with van der Waals surface area (Å²) in [5, 5.41) is 0.794. The highest BCUT2D eigenvalue weighted by atomic mass is 79.9. The third-order valence-electron chi connectivity index (χ3n) is 4.37. The van der Waals surface area contributed by atoms with Crippen LogP contribution in [0.5, 0.6) is 0 Å². The lowest BCUT2D eigenvalue weighted by Crippen LogP contribution is -2.56. The predicted molar refractivity (Wildman–Crippen MR) is 89.2 cm³/mol. The van der Waals surface area contributed by atoms with Crippen LogP contribution in [0.4, 0.5) is 0 Å². The van der Waals surface area contributed by atoms with Crippen LogP contribution < -0.4 is 5.73 Å². The van der Waals surface area contributed by atoms with Crippen molar-refractivity contribution in [2.24, 2.45) is 5.73 Å². The van der Waals surface area contributed by atoms with E-state index in [9.17, 15) is 0 Å². The fourth-order valence-corrected chi connectivity index (χ4v) is 3.56. The Labute approximate surface area is 135 Å². The Kier molecular flexibility index (Phi) is 5.49. The van der Waals surface area contributed by atoms with Gasteiger partial charge in [-0.15, -0.1) is 0 Å². The summed E-state index contributed by atoms with van der Waals surface area (Å²) < 4.78 is 1.05. The van der Waals surface area contributed by atoms with E-state index in [-0.39, 0.29) is 6.04 Å². The molecule has 0 spiro atoms. The van der Waals surface area contributed by atoms with Crippen molar-refractivity contribution < 1.29 is 0 Å². The summed E-state index contributed by atoms with van der Waals surface area (Å²) in [4.78, 5) is 4.88. The molecule has 2 rings (SSSR count). The van der Waals surface area contributed by atoms with Crippen LogP contribution in [-0.2, 0) is 0 Å². The molecule has 3 nitrogen and oxygen atoms in total. The first kappa shape index (κ1) is 16.2. The summed E-state index contributed by atoms with van der Waals surface area (Å²) >= 11 is 9.90. The van der Waals surface area contributed by atoms with Gasteiger partial charge in [0.25, 0.3) is 0 Å². The van der Waals surface area contributed by atoms with Gasteiger partial charge < -0.3 is 5.73 Å². The molecule has 1 aromatic carbocycles. The fraction of sp³-hybridized carbons (Fsp3) is 0.600. The molecule has 1 fully saturated rings. The first-order valence-electron chi connectivity index (χ1n) is 7.05. The molecule has 1 aromatic rings. The molecule has 3 atom stereocenters. The lowest BCUT2D eigenvalue weighted by atomic mass is 10.0. The van der Waals surface area contributed by atoms with E-state index in [1.165, 1.54) is 0 Å². The zero-order chi connectivity index (χ0) is 14.9. The Morgan fingerprint density at radius 3 is 2.50 bits per heavy atom. The molecule has 0 aromatic heterocycles. The van der Waals surface area contributed by atoms with Crippen molar-refractivity contribution in [1.29, 1.82) is 0 Å². The van der Waals surface area contributed by atoms with Crippen molar-refractivity contribution in [2.75, 3.05) is 26.7 Å². The molecule has 0 aliphatic carbocycles. The minimum Gasteiger partial charge on any atom is -0.329 e. The number of hydrogen-bond donors (Lipinski definition) is 1. The molecular formula is C15H23BrClN3. The second kappa shape index (κ2) is 6.75. The molecule has 0 saturated carbocycles. The minimum atomic E-state index is 0.179. The molecule has 1 heterocycles. The molecule has 0 bridgehead atoms. The first-order valence-corrected chi connectivity index (χ1v) is 8.22. The zero-order valence-corrected chi connectivity index (χ0v) is 14.7. The maximum atomic E-state index is 6.38. The molecule has 0 radical (unpaired) electrons. The first-order chi connectivity index (χ1) is 9.43. The molecule has 5 heteroatoms. The normalized spacial score (nSPS) is 26.7. The van der Waals surface area contributed by atoms with Crippen molar-refractivity contribution in [3.8, 4) is 0 Å². The monoisotopic (exact) mass is 359 g/mol. The van der Waals surface area contributed by atoms with E-state index in [4.69, 9.17) is 17.3 Å². The summed E-state index contributed by atoms with van der Waals surface area (Å²) in [6.07, 6.45) is 0. The highest BCUT2D eigenvalue weighted by Crippen LogP contribution is 2.31. The van der Waals surface area contributed by atoms with E-state index in [1.807, 2.05) is 12.1 Å². The molecule has 0 amide bonds. The summed E-state index contributed by atoms with van der Waals surface area (Å²) in [7, 11) is 2.19. The van der Waals surface area contributed by atoms with Gasteiger partial charge in [-0.2, -0.15) is 0 Å². The van der Waals surface area contributed by atoms with Gasteiger partial charge in [0.15, 0.2) is 0 Å². The van der Waals surface area contributed by atoms with Gasteiger partial charge in [-0.05, 0) is 44.7 Å². The van der Waals surface area contributed by atoms with Crippen LogP contribution in [0.25, 0.3) is 0 Å². The average Bonchev–Trinajstić information content (AvgIpc) is 2.40. The SMILES string of the molecule is CC1CN(C(CN)c2cc(Br)ccc2Cl)CC(C)N1C. The summed E-state index contributed by atoms with van der Waals surface area (Å²) in [6, 6.07) is 7.23. The minimum absolute atomic E-state index is 0.179. The maximum absolute atomic E-state index is 6.38. The lowest BCUT2D eigenvalue weighted by Gasteiger charge is -2.45. The van der Waals surface area contributed by atoms with E-state index in [0.717, 1.165) is 28.1 Å². The Hall–Kier alpha value is -0.130. The van der Waals surface area contributed by atoms with E-state index in [2.05, 4.69) is 52.7 Å². The van der Waals surface area contributed by atoms with Crippen LogP contribution in [0.2, 0.25) is 5.02 Å². The highest BCUT2D eigenvalue weighted by molar-refractivity contribution is 9.10. The van der Waals surface area contributed by atoms with Gasteiger partial charge >= 0.3 is 0 Å².